The van der Waals surface area contributed by atoms with Gasteiger partial charge in [-0.25, -0.2) is 4.79 Å². The highest BCUT2D eigenvalue weighted by atomic mass is 16.6. The molecule has 0 saturated carbocycles. The van der Waals surface area contributed by atoms with Crippen LogP contribution in [0.5, 0.6) is 0 Å². The van der Waals surface area contributed by atoms with Gasteiger partial charge in [-0.1, -0.05) is 0 Å². The Morgan fingerprint density at radius 2 is 2.54 bits per heavy atom. The molecule has 1 aliphatic heterocycles. The number of ether oxygens (including phenoxy) is 1. The van der Waals surface area contributed by atoms with Crippen LogP contribution in [0.4, 0.5) is 4.79 Å². The fraction of sp³-hybridized carbons (Fsp3) is 0.375. The molecule has 1 unspecified atom stereocenters. The Bertz CT molecular complexity index is 309. The predicted molar refractivity (Wildman–Crippen MR) is 46.0 cm³/mol. The van der Waals surface area contributed by atoms with E-state index in [2.05, 4.69) is 10.3 Å². The normalized spacial score (nSPS) is 27.0. The molecule has 1 atom stereocenters. The number of carbonyl (C=O) groups excluding carboxylic acids is 1. The van der Waals surface area contributed by atoms with Crippen molar-refractivity contribution in [2.75, 3.05) is 13.1 Å². The van der Waals surface area contributed by atoms with E-state index in [0.29, 0.717) is 6.54 Å². The number of hydrogen-bond acceptors (Lipinski definition) is 3. The van der Waals surface area contributed by atoms with Crippen molar-refractivity contribution in [3.63, 3.8) is 0 Å². The predicted octanol–water partition coefficient (Wildman–Crippen LogP) is -0.0915. The van der Waals surface area contributed by atoms with E-state index in [-0.39, 0.29) is 6.54 Å². The highest BCUT2D eigenvalue weighted by molar-refractivity contribution is 5.70. The third-order valence-corrected chi connectivity index (χ3v) is 2.26. The van der Waals surface area contributed by atoms with Crippen LogP contribution in [0, 0.1) is 0 Å². The lowest BCUT2D eigenvalue weighted by atomic mass is 9.97. The highest BCUT2D eigenvalue weighted by Crippen LogP contribution is 2.27. The maximum Gasteiger partial charge on any atom is 0.408 e. The zero-order valence-corrected chi connectivity index (χ0v) is 7.04. The van der Waals surface area contributed by atoms with Crippen LogP contribution in [0.3, 0.4) is 0 Å². The van der Waals surface area contributed by atoms with Gasteiger partial charge in [0.2, 0.25) is 0 Å². The molecule has 2 rings (SSSR count). The summed E-state index contributed by atoms with van der Waals surface area (Å²) in [6.45, 7) is 0.712. The van der Waals surface area contributed by atoms with Gasteiger partial charge in [0.1, 0.15) is 0 Å². The van der Waals surface area contributed by atoms with Crippen LogP contribution >= 0.6 is 0 Å². The zero-order chi connectivity index (χ0) is 9.31. The molecule has 13 heavy (non-hydrogen) atoms. The molecule has 5 heteroatoms. The molecule has 0 spiro atoms. The summed E-state index contributed by atoms with van der Waals surface area (Å²) in [6.07, 6.45) is 3.15. The topological polar surface area (TPSA) is 80.1 Å². The Hall–Kier alpha value is -1.49. The van der Waals surface area contributed by atoms with E-state index < -0.39 is 11.7 Å². The molecule has 5 nitrogen and oxygen atoms in total. The first-order valence-electron chi connectivity index (χ1n) is 4.07. The number of cyclic esters (lactones) is 1. The third-order valence-electron chi connectivity index (χ3n) is 2.26. The molecule has 1 aromatic rings. The van der Waals surface area contributed by atoms with E-state index in [1.807, 2.05) is 6.07 Å². The maximum absolute atomic E-state index is 10.9. The smallest absolute Gasteiger partial charge is 0.408 e. The van der Waals surface area contributed by atoms with Crippen molar-refractivity contribution in [3.05, 3.63) is 24.0 Å². The molecule has 1 fully saturated rings. The number of H-pyrrole nitrogens is 1. The molecule has 1 saturated heterocycles. The van der Waals surface area contributed by atoms with Crippen molar-refractivity contribution in [1.29, 1.82) is 0 Å². The van der Waals surface area contributed by atoms with Crippen LogP contribution in [-0.2, 0) is 10.3 Å². The standard InChI is InChI=1S/C8H11N3O2/c9-4-8(5-11-7(12)13-8)6-1-2-10-3-6/h1-3,10H,4-5,9H2,(H,11,12). The number of nitrogens with two attached hydrogens (primary N) is 1. The van der Waals surface area contributed by atoms with Gasteiger partial charge in [-0.2, -0.15) is 0 Å². The second-order valence-electron chi connectivity index (χ2n) is 3.04. The first kappa shape index (κ1) is 8.12. The average Bonchev–Trinajstić information content (AvgIpc) is 2.73. The number of nitrogens with one attached hydrogen (secondary N) is 2. The molecular formula is C8H11N3O2. The van der Waals surface area contributed by atoms with Crippen LogP contribution < -0.4 is 11.1 Å². The second kappa shape index (κ2) is 2.77. The van der Waals surface area contributed by atoms with E-state index in [1.54, 1.807) is 12.4 Å². The van der Waals surface area contributed by atoms with Gasteiger partial charge < -0.3 is 20.8 Å². The van der Waals surface area contributed by atoms with E-state index in [0.717, 1.165) is 5.56 Å². The Labute approximate surface area is 75.3 Å². The third kappa shape index (κ3) is 1.17. The minimum Gasteiger partial charge on any atom is -0.435 e. The van der Waals surface area contributed by atoms with Gasteiger partial charge >= 0.3 is 6.09 Å². The summed E-state index contributed by atoms with van der Waals surface area (Å²) >= 11 is 0. The minimum absolute atomic E-state index is 0.281. The van der Waals surface area contributed by atoms with Gasteiger partial charge in [0.25, 0.3) is 0 Å². The van der Waals surface area contributed by atoms with Crippen molar-refractivity contribution in [2.24, 2.45) is 5.73 Å². The van der Waals surface area contributed by atoms with Gasteiger partial charge in [-0.15, -0.1) is 0 Å². The summed E-state index contributed by atoms with van der Waals surface area (Å²) < 4.78 is 5.15. The summed E-state index contributed by atoms with van der Waals surface area (Å²) in [7, 11) is 0. The summed E-state index contributed by atoms with van der Waals surface area (Å²) in [6, 6.07) is 1.85. The van der Waals surface area contributed by atoms with E-state index in [4.69, 9.17) is 10.5 Å². The lowest BCUT2D eigenvalue weighted by molar-refractivity contribution is 0.0618. The van der Waals surface area contributed by atoms with Gasteiger partial charge in [-0.05, 0) is 6.07 Å². The van der Waals surface area contributed by atoms with Crippen LogP contribution in [-0.4, -0.2) is 24.2 Å². The summed E-state index contributed by atoms with van der Waals surface area (Å²) in [4.78, 5) is 13.8. The Kier molecular flexibility index (Phi) is 1.73. The molecular weight excluding hydrogens is 170 g/mol. The van der Waals surface area contributed by atoms with Gasteiger partial charge in [-0.3, -0.25) is 0 Å². The van der Waals surface area contributed by atoms with Gasteiger partial charge in [0.15, 0.2) is 5.60 Å². The number of alkyl carbamates (subject to hydrolysis) is 1. The number of aromatic amines is 1. The van der Waals surface area contributed by atoms with E-state index >= 15 is 0 Å². The van der Waals surface area contributed by atoms with E-state index in [1.165, 1.54) is 0 Å². The molecule has 0 aliphatic carbocycles. The second-order valence-corrected chi connectivity index (χ2v) is 3.04. The van der Waals surface area contributed by atoms with Gasteiger partial charge in [0.05, 0.1) is 6.54 Å². The van der Waals surface area contributed by atoms with Crippen LogP contribution in [0.2, 0.25) is 0 Å². The number of carbonyl (C=O) groups is 1. The summed E-state index contributed by atoms with van der Waals surface area (Å²) in [5, 5.41) is 2.59. The number of hydrogen-bond donors (Lipinski definition) is 3. The molecule has 4 N–H and O–H groups in total. The molecule has 0 aromatic carbocycles. The minimum atomic E-state index is -0.683. The van der Waals surface area contributed by atoms with Crippen molar-refractivity contribution in [2.45, 2.75) is 5.60 Å². The van der Waals surface area contributed by atoms with Crippen molar-refractivity contribution in [3.8, 4) is 0 Å². The van der Waals surface area contributed by atoms with Crippen LogP contribution in [0.15, 0.2) is 18.5 Å². The quantitative estimate of drug-likeness (QED) is 0.596. The average molecular weight is 181 g/mol. The first-order chi connectivity index (χ1) is 6.27. The first-order valence-corrected chi connectivity index (χ1v) is 4.07. The monoisotopic (exact) mass is 181 g/mol. The number of rotatable bonds is 2. The molecule has 1 aliphatic rings. The number of aromatic nitrogens is 1. The molecule has 0 bridgehead atoms. The van der Waals surface area contributed by atoms with Crippen molar-refractivity contribution in [1.82, 2.24) is 10.3 Å². The Balaban J connectivity index is 2.31. The Morgan fingerprint density at radius 3 is 3.00 bits per heavy atom. The van der Waals surface area contributed by atoms with Crippen LogP contribution in [0.25, 0.3) is 0 Å². The fourth-order valence-corrected chi connectivity index (χ4v) is 1.46. The molecule has 2 heterocycles. The largest absolute Gasteiger partial charge is 0.435 e. The maximum atomic E-state index is 10.9. The summed E-state index contributed by atoms with van der Waals surface area (Å²) in [5.74, 6) is 0. The fourth-order valence-electron chi connectivity index (χ4n) is 1.46. The van der Waals surface area contributed by atoms with Crippen molar-refractivity contribution < 1.29 is 9.53 Å². The van der Waals surface area contributed by atoms with Gasteiger partial charge in [0, 0.05) is 24.5 Å². The molecule has 1 aromatic heterocycles. The summed E-state index contributed by atoms with van der Waals surface area (Å²) in [5.41, 5.74) is 5.80. The molecule has 70 valence electrons. The van der Waals surface area contributed by atoms with Crippen LogP contribution in [0.1, 0.15) is 5.56 Å². The lowest BCUT2D eigenvalue weighted by Gasteiger charge is -2.23. The molecule has 0 radical (unpaired) electrons. The van der Waals surface area contributed by atoms with E-state index in [9.17, 15) is 4.79 Å². The highest BCUT2D eigenvalue weighted by Gasteiger charge is 2.41. The Morgan fingerprint density at radius 1 is 1.69 bits per heavy atom. The molecule has 1 amide bonds. The number of amides is 1. The lowest BCUT2D eigenvalue weighted by Crippen LogP contribution is -2.38. The van der Waals surface area contributed by atoms with Crippen molar-refractivity contribution >= 4 is 6.09 Å². The SMILES string of the molecule is NCC1(c2cc[nH]c2)CNC(=O)O1. The zero-order valence-electron chi connectivity index (χ0n) is 7.04.